The van der Waals surface area contributed by atoms with E-state index >= 15 is 0 Å². The number of nitrogens with zero attached hydrogens (tertiary/aromatic N) is 3. The Kier molecular flexibility index (Phi) is 6.04. The highest BCUT2D eigenvalue weighted by molar-refractivity contribution is 7.09. The number of carbonyl (C=O) groups is 2. The van der Waals surface area contributed by atoms with E-state index in [-0.39, 0.29) is 11.8 Å². The van der Waals surface area contributed by atoms with Crippen LogP contribution in [0.4, 0.5) is 0 Å². The summed E-state index contributed by atoms with van der Waals surface area (Å²) in [5.41, 5.74) is 2.04. The first-order valence-electron chi connectivity index (χ1n) is 10.7. The second-order valence-corrected chi connectivity index (χ2v) is 9.46. The first-order chi connectivity index (χ1) is 14.0. The molecule has 4 rings (SSSR count). The SMILES string of the molecule is CC1CCC(C(=O)N2CCc3nc(C(=O)NCc4cccs4)n(C)c3CC2)CC1. The van der Waals surface area contributed by atoms with Gasteiger partial charge in [0.2, 0.25) is 5.91 Å². The molecule has 2 amide bonds. The Morgan fingerprint density at radius 3 is 2.69 bits per heavy atom. The average molecular weight is 415 g/mol. The van der Waals surface area contributed by atoms with E-state index in [4.69, 9.17) is 0 Å². The Morgan fingerprint density at radius 1 is 1.21 bits per heavy atom. The number of rotatable bonds is 4. The van der Waals surface area contributed by atoms with Crippen LogP contribution in [-0.4, -0.2) is 39.4 Å². The average Bonchev–Trinajstić information content (AvgIpc) is 3.29. The van der Waals surface area contributed by atoms with E-state index in [1.165, 1.54) is 0 Å². The van der Waals surface area contributed by atoms with E-state index in [1.807, 2.05) is 34.0 Å². The summed E-state index contributed by atoms with van der Waals surface area (Å²) in [6, 6.07) is 3.99. The van der Waals surface area contributed by atoms with Gasteiger partial charge in [0, 0.05) is 49.5 Å². The molecule has 0 unspecified atom stereocenters. The standard InChI is InChI=1S/C22H30N4O2S/c1-15-5-7-16(8-6-15)22(28)26-11-9-18-19(10-12-26)25(2)20(24-18)21(27)23-14-17-4-3-13-29-17/h3-4,13,15-16H,5-12,14H2,1-2H3,(H,23,27). The van der Waals surface area contributed by atoms with Crippen molar-refractivity contribution in [1.29, 1.82) is 0 Å². The van der Waals surface area contributed by atoms with Gasteiger partial charge in [0.1, 0.15) is 0 Å². The number of imidazole rings is 1. The van der Waals surface area contributed by atoms with Crippen LogP contribution < -0.4 is 5.32 Å². The van der Waals surface area contributed by atoms with Crippen LogP contribution in [0, 0.1) is 11.8 Å². The molecule has 0 aromatic carbocycles. The molecule has 156 valence electrons. The molecule has 2 aromatic heterocycles. The number of thiophene rings is 1. The maximum atomic E-state index is 13.0. The van der Waals surface area contributed by atoms with Crippen molar-refractivity contribution in [3.63, 3.8) is 0 Å². The zero-order valence-corrected chi connectivity index (χ0v) is 18.1. The van der Waals surface area contributed by atoms with Crippen molar-refractivity contribution in [2.45, 2.75) is 52.0 Å². The maximum Gasteiger partial charge on any atom is 0.287 e. The lowest BCUT2D eigenvalue weighted by Gasteiger charge is -2.30. The van der Waals surface area contributed by atoms with Crippen molar-refractivity contribution in [3.05, 3.63) is 39.6 Å². The van der Waals surface area contributed by atoms with E-state index in [0.717, 1.165) is 60.7 Å². The summed E-state index contributed by atoms with van der Waals surface area (Å²) in [5.74, 6) is 1.59. The number of hydrogen-bond acceptors (Lipinski definition) is 4. The predicted molar refractivity (Wildman–Crippen MR) is 114 cm³/mol. The molecule has 1 saturated carbocycles. The molecule has 0 radical (unpaired) electrons. The van der Waals surface area contributed by atoms with Crippen molar-refractivity contribution in [3.8, 4) is 0 Å². The Morgan fingerprint density at radius 2 is 1.97 bits per heavy atom. The third-order valence-electron chi connectivity index (χ3n) is 6.42. The second-order valence-electron chi connectivity index (χ2n) is 8.43. The largest absolute Gasteiger partial charge is 0.344 e. The lowest BCUT2D eigenvalue weighted by Crippen LogP contribution is -2.39. The van der Waals surface area contributed by atoms with Crippen molar-refractivity contribution >= 4 is 23.2 Å². The van der Waals surface area contributed by atoms with Crippen LogP contribution in [0.3, 0.4) is 0 Å². The van der Waals surface area contributed by atoms with Crippen LogP contribution in [0.25, 0.3) is 0 Å². The van der Waals surface area contributed by atoms with Crippen molar-refractivity contribution in [2.75, 3.05) is 13.1 Å². The number of amides is 2. The third-order valence-corrected chi connectivity index (χ3v) is 7.29. The fraction of sp³-hybridized carbons (Fsp3) is 0.591. The summed E-state index contributed by atoms with van der Waals surface area (Å²) in [7, 11) is 1.91. The van der Waals surface area contributed by atoms with Crippen LogP contribution in [0.5, 0.6) is 0 Å². The highest BCUT2D eigenvalue weighted by atomic mass is 32.1. The second kappa shape index (κ2) is 8.69. The molecule has 7 heteroatoms. The molecule has 1 aliphatic carbocycles. The van der Waals surface area contributed by atoms with Gasteiger partial charge in [-0.15, -0.1) is 11.3 Å². The third kappa shape index (κ3) is 4.39. The van der Waals surface area contributed by atoms with Crippen LogP contribution in [0.15, 0.2) is 17.5 Å². The van der Waals surface area contributed by atoms with Gasteiger partial charge in [-0.2, -0.15) is 0 Å². The molecule has 2 aliphatic rings. The monoisotopic (exact) mass is 414 g/mol. The molecule has 1 N–H and O–H groups in total. The predicted octanol–water partition coefficient (Wildman–Crippen LogP) is 3.17. The van der Waals surface area contributed by atoms with Crippen LogP contribution in [-0.2, 0) is 31.2 Å². The summed E-state index contributed by atoms with van der Waals surface area (Å²) in [6.07, 6.45) is 5.85. The Bertz CT molecular complexity index is 866. The van der Waals surface area contributed by atoms with E-state index < -0.39 is 0 Å². The minimum absolute atomic E-state index is 0.141. The lowest BCUT2D eigenvalue weighted by atomic mass is 9.82. The first kappa shape index (κ1) is 20.1. The van der Waals surface area contributed by atoms with Gasteiger partial charge in [0.15, 0.2) is 5.82 Å². The van der Waals surface area contributed by atoms with E-state index in [1.54, 1.807) is 11.3 Å². The number of hydrogen-bond donors (Lipinski definition) is 1. The smallest absolute Gasteiger partial charge is 0.287 e. The molecule has 1 aliphatic heterocycles. The van der Waals surface area contributed by atoms with Crippen LogP contribution in [0.2, 0.25) is 0 Å². The van der Waals surface area contributed by atoms with Gasteiger partial charge < -0.3 is 14.8 Å². The van der Waals surface area contributed by atoms with Crippen molar-refractivity contribution in [2.24, 2.45) is 18.9 Å². The molecule has 0 saturated heterocycles. The molecule has 1 fully saturated rings. The number of carbonyl (C=O) groups excluding carboxylic acids is 2. The zero-order chi connectivity index (χ0) is 20.4. The molecule has 29 heavy (non-hydrogen) atoms. The summed E-state index contributed by atoms with van der Waals surface area (Å²) in [6.45, 7) is 4.22. The van der Waals surface area contributed by atoms with Gasteiger partial charge in [-0.25, -0.2) is 4.98 Å². The van der Waals surface area contributed by atoms with Crippen LogP contribution >= 0.6 is 11.3 Å². The van der Waals surface area contributed by atoms with E-state index in [9.17, 15) is 9.59 Å². The fourth-order valence-electron chi connectivity index (χ4n) is 4.54. The minimum Gasteiger partial charge on any atom is -0.344 e. The normalized spacial score (nSPS) is 22.1. The molecule has 0 spiro atoms. The first-order valence-corrected chi connectivity index (χ1v) is 11.5. The van der Waals surface area contributed by atoms with E-state index in [0.29, 0.717) is 31.4 Å². The van der Waals surface area contributed by atoms with Crippen LogP contribution in [0.1, 0.15) is 59.5 Å². The van der Waals surface area contributed by atoms with Gasteiger partial charge in [-0.3, -0.25) is 9.59 Å². The zero-order valence-electron chi connectivity index (χ0n) is 17.3. The van der Waals surface area contributed by atoms with E-state index in [2.05, 4.69) is 17.2 Å². The Labute approximate surface area is 176 Å². The molecular weight excluding hydrogens is 384 g/mol. The summed E-state index contributed by atoms with van der Waals surface area (Å²) >= 11 is 1.63. The Balaban J connectivity index is 1.38. The molecular formula is C22H30N4O2S. The maximum absolute atomic E-state index is 13.0. The highest BCUT2D eigenvalue weighted by Gasteiger charge is 2.30. The lowest BCUT2D eigenvalue weighted by molar-refractivity contribution is -0.136. The highest BCUT2D eigenvalue weighted by Crippen LogP contribution is 2.30. The number of aromatic nitrogens is 2. The topological polar surface area (TPSA) is 67.2 Å². The van der Waals surface area contributed by atoms with Gasteiger partial charge in [0.05, 0.1) is 12.2 Å². The van der Waals surface area contributed by atoms with Gasteiger partial charge in [-0.05, 0) is 43.0 Å². The number of nitrogens with one attached hydrogen (secondary N) is 1. The van der Waals surface area contributed by atoms with Gasteiger partial charge in [-0.1, -0.05) is 13.0 Å². The van der Waals surface area contributed by atoms with Crippen molar-refractivity contribution in [1.82, 2.24) is 19.8 Å². The fourth-order valence-corrected chi connectivity index (χ4v) is 5.19. The summed E-state index contributed by atoms with van der Waals surface area (Å²) in [4.78, 5) is 33.4. The quantitative estimate of drug-likeness (QED) is 0.836. The molecule has 6 nitrogen and oxygen atoms in total. The molecule has 2 aromatic rings. The summed E-state index contributed by atoms with van der Waals surface area (Å²) in [5, 5.41) is 4.97. The number of fused-ring (bicyclic) bond motifs is 1. The molecule has 0 atom stereocenters. The van der Waals surface area contributed by atoms with Gasteiger partial charge in [0.25, 0.3) is 5.91 Å². The molecule has 0 bridgehead atoms. The minimum atomic E-state index is -0.141. The van der Waals surface area contributed by atoms with Gasteiger partial charge >= 0.3 is 0 Å². The van der Waals surface area contributed by atoms with Crippen molar-refractivity contribution < 1.29 is 9.59 Å². The summed E-state index contributed by atoms with van der Waals surface area (Å²) < 4.78 is 1.91. The Hall–Kier alpha value is -2.15. The molecule has 3 heterocycles.